The van der Waals surface area contributed by atoms with Crippen molar-refractivity contribution in [2.45, 2.75) is 52.4 Å². The zero-order valence-electron chi connectivity index (χ0n) is 24.1. The minimum atomic E-state index is -0.474. The van der Waals surface area contributed by atoms with Gasteiger partial charge in [-0.25, -0.2) is 4.79 Å². The summed E-state index contributed by atoms with van der Waals surface area (Å²) in [6.07, 6.45) is 8.29. The van der Waals surface area contributed by atoms with Crippen molar-refractivity contribution in [2.75, 3.05) is 13.1 Å². The summed E-state index contributed by atoms with van der Waals surface area (Å²) in [5.41, 5.74) is 9.58. The van der Waals surface area contributed by atoms with Gasteiger partial charge in [-0.3, -0.25) is 9.97 Å². The van der Waals surface area contributed by atoms with Crippen molar-refractivity contribution >= 4 is 6.09 Å². The zero-order valence-corrected chi connectivity index (χ0v) is 24.1. The number of carbonyl (C=O) groups excluding carboxylic acids is 1. The minimum absolute atomic E-state index is 0.389. The summed E-state index contributed by atoms with van der Waals surface area (Å²) in [6, 6.07) is 23.7. The van der Waals surface area contributed by atoms with Crippen molar-refractivity contribution in [1.29, 1.82) is 0 Å². The van der Waals surface area contributed by atoms with E-state index in [0.29, 0.717) is 26.3 Å². The molecule has 0 aliphatic carbocycles. The summed E-state index contributed by atoms with van der Waals surface area (Å²) in [5, 5.41) is 2.75. The first-order valence-electron chi connectivity index (χ1n) is 13.7. The van der Waals surface area contributed by atoms with Gasteiger partial charge in [0.25, 0.3) is 0 Å². The average molecular weight is 557 g/mol. The average Bonchev–Trinajstić information content (AvgIpc) is 2.97. The molecule has 0 unspecified atom stereocenters. The van der Waals surface area contributed by atoms with Crippen molar-refractivity contribution in [2.24, 2.45) is 5.73 Å². The topological polar surface area (TPSA) is 109 Å². The van der Waals surface area contributed by atoms with Crippen LogP contribution in [0.25, 0.3) is 0 Å². The van der Waals surface area contributed by atoms with E-state index in [1.807, 2.05) is 81.4 Å². The highest BCUT2D eigenvalue weighted by atomic mass is 16.6. The summed E-state index contributed by atoms with van der Waals surface area (Å²) < 4.78 is 16.6. The number of hydrogen-bond acceptors (Lipinski definition) is 7. The molecule has 0 aliphatic heterocycles. The van der Waals surface area contributed by atoms with Gasteiger partial charge in [-0.05, 0) is 111 Å². The standard InChI is InChI=1S/C19H24N2O3.C14H16N2O/c1-19(2,3)24-18(22)21-13-10-15-4-6-17(7-5-15)23-14-16-8-11-20-12-9-16;15-8-5-12-1-3-14(4-2-12)17-11-13-6-9-16-10-7-13/h4-9,11-12H,10,13-14H2,1-3H3,(H,21,22);1-4,6-7,9-10H,5,8,11,15H2. The molecule has 2 heterocycles. The highest BCUT2D eigenvalue weighted by molar-refractivity contribution is 5.67. The first-order chi connectivity index (χ1) is 19.8. The van der Waals surface area contributed by atoms with E-state index in [1.54, 1.807) is 24.8 Å². The van der Waals surface area contributed by atoms with Gasteiger partial charge >= 0.3 is 6.09 Å². The number of nitrogens with two attached hydrogens (primary N) is 1. The molecule has 0 bridgehead atoms. The third-order valence-corrected chi connectivity index (χ3v) is 5.67. The van der Waals surface area contributed by atoms with Crippen molar-refractivity contribution in [3.63, 3.8) is 0 Å². The number of rotatable bonds is 11. The maximum absolute atomic E-state index is 11.6. The number of nitrogens with zero attached hydrogens (tertiary/aromatic N) is 2. The zero-order chi connectivity index (χ0) is 29.3. The van der Waals surface area contributed by atoms with Crippen LogP contribution in [0.1, 0.15) is 43.0 Å². The van der Waals surface area contributed by atoms with Gasteiger partial charge in [-0.15, -0.1) is 0 Å². The molecule has 3 N–H and O–H groups in total. The largest absolute Gasteiger partial charge is 0.489 e. The molecule has 0 atom stereocenters. The second kappa shape index (κ2) is 16.6. The lowest BCUT2D eigenvalue weighted by Crippen LogP contribution is -2.33. The fraction of sp³-hybridized carbons (Fsp3) is 0.303. The van der Waals surface area contributed by atoms with Crippen LogP contribution in [0.4, 0.5) is 4.79 Å². The predicted octanol–water partition coefficient (Wildman–Crippen LogP) is 5.89. The van der Waals surface area contributed by atoms with E-state index in [0.717, 1.165) is 41.0 Å². The van der Waals surface area contributed by atoms with Crippen molar-refractivity contribution in [1.82, 2.24) is 15.3 Å². The molecule has 8 heteroatoms. The highest BCUT2D eigenvalue weighted by Gasteiger charge is 2.15. The van der Waals surface area contributed by atoms with E-state index in [4.69, 9.17) is 19.9 Å². The van der Waals surface area contributed by atoms with E-state index in [2.05, 4.69) is 27.4 Å². The molecule has 2 aromatic carbocycles. The molecule has 0 spiro atoms. The lowest BCUT2D eigenvalue weighted by Gasteiger charge is -2.19. The Kier molecular flexibility index (Phi) is 12.6. The summed E-state index contributed by atoms with van der Waals surface area (Å²) in [4.78, 5) is 19.5. The third-order valence-electron chi connectivity index (χ3n) is 5.67. The van der Waals surface area contributed by atoms with Crippen LogP contribution in [-0.2, 0) is 30.8 Å². The Balaban J connectivity index is 0.000000239. The first-order valence-corrected chi connectivity index (χ1v) is 13.7. The third kappa shape index (κ3) is 13.0. The van der Waals surface area contributed by atoms with Crippen LogP contribution in [-0.4, -0.2) is 34.8 Å². The quantitative estimate of drug-likeness (QED) is 0.237. The number of aromatic nitrogens is 2. The number of nitrogens with one attached hydrogen (secondary N) is 1. The Bertz CT molecular complexity index is 1280. The maximum atomic E-state index is 11.6. The fourth-order valence-corrected chi connectivity index (χ4v) is 3.59. The maximum Gasteiger partial charge on any atom is 0.407 e. The number of benzene rings is 2. The Morgan fingerprint density at radius 3 is 1.54 bits per heavy atom. The fourth-order valence-electron chi connectivity index (χ4n) is 3.59. The van der Waals surface area contributed by atoms with Gasteiger partial charge in [0.15, 0.2) is 0 Å². The van der Waals surface area contributed by atoms with Gasteiger partial charge in [0.1, 0.15) is 30.3 Å². The lowest BCUT2D eigenvalue weighted by molar-refractivity contribution is 0.0528. The van der Waals surface area contributed by atoms with Gasteiger partial charge < -0.3 is 25.3 Å². The molecule has 1 amide bonds. The molecular formula is C33H40N4O4. The molecule has 0 saturated carbocycles. The molecule has 8 nitrogen and oxygen atoms in total. The molecule has 0 saturated heterocycles. The monoisotopic (exact) mass is 556 g/mol. The smallest absolute Gasteiger partial charge is 0.407 e. The Labute approximate surface area is 242 Å². The summed E-state index contributed by atoms with van der Waals surface area (Å²) in [5.74, 6) is 1.69. The SMILES string of the molecule is CC(C)(C)OC(=O)NCCc1ccc(OCc2ccncc2)cc1.NCCc1ccc(OCc2ccncc2)cc1. The number of alkyl carbamates (subject to hydrolysis) is 1. The molecule has 0 aliphatic rings. The molecular weight excluding hydrogens is 516 g/mol. The molecule has 4 aromatic rings. The Morgan fingerprint density at radius 2 is 1.12 bits per heavy atom. The van der Waals surface area contributed by atoms with Crippen molar-refractivity contribution in [3.05, 3.63) is 120 Å². The van der Waals surface area contributed by atoms with Gasteiger partial charge in [0.05, 0.1) is 0 Å². The van der Waals surface area contributed by atoms with E-state index in [1.165, 1.54) is 5.56 Å². The van der Waals surface area contributed by atoms with Crippen LogP contribution in [0.2, 0.25) is 0 Å². The van der Waals surface area contributed by atoms with Crippen LogP contribution in [0.5, 0.6) is 11.5 Å². The van der Waals surface area contributed by atoms with E-state index < -0.39 is 5.60 Å². The van der Waals surface area contributed by atoms with Gasteiger partial charge in [0, 0.05) is 31.3 Å². The molecule has 2 aromatic heterocycles. The second-order valence-corrected chi connectivity index (χ2v) is 10.3. The van der Waals surface area contributed by atoms with Crippen LogP contribution in [0.3, 0.4) is 0 Å². The van der Waals surface area contributed by atoms with Crippen molar-refractivity contribution in [3.8, 4) is 11.5 Å². The molecule has 0 radical (unpaired) electrons. The predicted molar refractivity (Wildman–Crippen MR) is 161 cm³/mol. The van der Waals surface area contributed by atoms with Crippen molar-refractivity contribution < 1.29 is 19.0 Å². The Hall–Kier alpha value is -4.43. The van der Waals surface area contributed by atoms with Gasteiger partial charge in [-0.2, -0.15) is 0 Å². The summed E-state index contributed by atoms with van der Waals surface area (Å²) in [7, 11) is 0. The summed E-state index contributed by atoms with van der Waals surface area (Å²) >= 11 is 0. The van der Waals surface area contributed by atoms with E-state index in [9.17, 15) is 4.79 Å². The highest BCUT2D eigenvalue weighted by Crippen LogP contribution is 2.15. The van der Waals surface area contributed by atoms with Crippen LogP contribution in [0.15, 0.2) is 97.6 Å². The van der Waals surface area contributed by atoms with Gasteiger partial charge in [0.2, 0.25) is 0 Å². The Morgan fingerprint density at radius 1 is 0.683 bits per heavy atom. The number of hydrogen-bond donors (Lipinski definition) is 2. The lowest BCUT2D eigenvalue weighted by atomic mass is 10.1. The minimum Gasteiger partial charge on any atom is -0.489 e. The number of ether oxygens (including phenoxy) is 3. The van der Waals surface area contributed by atoms with E-state index in [-0.39, 0.29) is 6.09 Å². The number of carbonyl (C=O) groups is 1. The first kappa shape index (κ1) is 31.1. The second-order valence-electron chi connectivity index (χ2n) is 10.3. The normalized spacial score (nSPS) is 10.6. The van der Waals surface area contributed by atoms with E-state index >= 15 is 0 Å². The molecule has 41 heavy (non-hydrogen) atoms. The van der Waals surface area contributed by atoms with Crippen LogP contribution < -0.4 is 20.5 Å². The number of pyridine rings is 2. The molecule has 4 rings (SSSR count). The van der Waals surface area contributed by atoms with Crippen LogP contribution in [0, 0.1) is 0 Å². The van der Waals surface area contributed by atoms with Gasteiger partial charge in [-0.1, -0.05) is 24.3 Å². The summed E-state index contributed by atoms with van der Waals surface area (Å²) in [6.45, 7) is 7.83. The molecule has 0 fully saturated rings. The molecule has 216 valence electrons. The number of amides is 1. The van der Waals surface area contributed by atoms with Crippen LogP contribution >= 0.6 is 0 Å².